The van der Waals surface area contributed by atoms with Crippen molar-refractivity contribution in [3.63, 3.8) is 0 Å². The molecule has 0 bridgehead atoms. The highest BCUT2D eigenvalue weighted by molar-refractivity contribution is 4.74. The summed E-state index contributed by atoms with van der Waals surface area (Å²) < 4.78 is 0. The second kappa shape index (κ2) is 2.49. The van der Waals surface area contributed by atoms with Crippen LogP contribution < -0.4 is 5.06 Å². The summed E-state index contributed by atoms with van der Waals surface area (Å²) in [5.74, 6) is 0. The molecule has 1 fully saturated rings. The topological polar surface area (TPSA) is 30.7 Å². The number of quaternary nitrogens is 1. The number of rotatable bonds is 0. The molecule has 0 aromatic carbocycles. The highest BCUT2D eigenvalue weighted by atomic mass is 16.5. The molecule has 1 atom stereocenters. The highest BCUT2D eigenvalue weighted by Gasteiger charge is 2.30. The number of hydroxylamine groups is 2. The predicted octanol–water partition coefficient (Wildman–Crippen LogP) is -0.907. The van der Waals surface area contributed by atoms with E-state index in [0.717, 1.165) is 19.6 Å². The second-order valence-corrected chi connectivity index (χ2v) is 3.79. The molecule has 3 nitrogen and oxygen atoms in total. The maximum absolute atomic E-state index is 11.2. The van der Waals surface area contributed by atoms with Crippen LogP contribution in [0.2, 0.25) is 0 Å². The highest BCUT2D eigenvalue weighted by Crippen LogP contribution is 2.02. The minimum atomic E-state index is -0.104. The minimum absolute atomic E-state index is 0.104. The van der Waals surface area contributed by atoms with Gasteiger partial charge in [-0.2, -0.15) is 0 Å². The SMILES string of the molecule is CN1CC[NH+]([O-])C(C)(C)C1. The molecule has 1 unspecified atom stereocenters. The Hall–Kier alpha value is -0.120. The minimum Gasteiger partial charge on any atom is -0.634 e. The fourth-order valence-electron chi connectivity index (χ4n) is 1.47. The van der Waals surface area contributed by atoms with Crippen molar-refractivity contribution in [2.75, 3.05) is 26.7 Å². The Morgan fingerprint density at radius 2 is 2.10 bits per heavy atom. The Labute approximate surface area is 62.2 Å². The van der Waals surface area contributed by atoms with Crippen LogP contribution in [0.15, 0.2) is 0 Å². The Balaban J connectivity index is 2.55. The van der Waals surface area contributed by atoms with Gasteiger partial charge in [0.05, 0.1) is 13.1 Å². The van der Waals surface area contributed by atoms with Gasteiger partial charge in [0.1, 0.15) is 5.54 Å². The van der Waals surface area contributed by atoms with E-state index in [-0.39, 0.29) is 5.54 Å². The standard InChI is InChI=1S/C7H16N2O/c1-7(2)6-8(3)4-5-9(7)10/h9H,4-6H2,1-3H3. The normalized spacial score (nSPS) is 34.2. The Morgan fingerprint density at radius 1 is 1.50 bits per heavy atom. The van der Waals surface area contributed by atoms with E-state index >= 15 is 0 Å². The fourth-order valence-corrected chi connectivity index (χ4v) is 1.47. The van der Waals surface area contributed by atoms with Gasteiger partial charge in [0, 0.05) is 6.54 Å². The first-order valence-corrected chi connectivity index (χ1v) is 3.74. The number of nitrogens with zero attached hydrogens (tertiary/aromatic N) is 1. The summed E-state index contributed by atoms with van der Waals surface area (Å²) in [5, 5.41) is 11.6. The van der Waals surface area contributed by atoms with Crippen LogP contribution in [0.25, 0.3) is 0 Å². The van der Waals surface area contributed by atoms with E-state index in [1.807, 2.05) is 13.8 Å². The smallest absolute Gasteiger partial charge is 0.105 e. The van der Waals surface area contributed by atoms with Crippen molar-refractivity contribution < 1.29 is 5.06 Å². The zero-order valence-corrected chi connectivity index (χ0v) is 6.98. The molecule has 3 heteroatoms. The van der Waals surface area contributed by atoms with Crippen LogP contribution in [-0.4, -0.2) is 37.1 Å². The number of hydrogen-bond donors (Lipinski definition) is 1. The summed E-state index contributed by atoms with van der Waals surface area (Å²) in [5.41, 5.74) is -0.104. The zero-order valence-electron chi connectivity index (χ0n) is 6.98. The molecule has 1 rings (SSSR count). The molecule has 1 heterocycles. The van der Waals surface area contributed by atoms with Crippen LogP contribution in [0.4, 0.5) is 0 Å². The van der Waals surface area contributed by atoms with E-state index in [1.165, 1.54) is 0 Å². The van der Waals surface area contributed by atoms with Crippen LogP contribution in [0.3, 0.4) is 0 Å². The molecule has 0 amide bonds. The largest absolute Gasteiger partial charge is 0.634 e. The summed E-state index contributed by atoms with van der Waals surface area (Å²) in [6, 6.07) is 0. The zero-order chi connectivity index (χ0) is 7.78. The number of piperazine rings is 1. The lowest BCUT2D eigenvalue weighted by atomic mass is 10.0. The summed E-state index contributed by atoms with van der Waals surface area (Å²) in [6.07, 6.45) is 0. The van der Waals surface area contributed by atoms with E-state index in [0.29, 0.717) is 5.06 Å². The molecular weight excluding hydrogens is 128 g/mol. The van der Waals surface area contributed by atoms with Gasteiger partial charge in [-0.1, -0.05) is 0 Å². The van der Waals surface area contributed by atoms with Crippen molar-refractivity contribution in [2.24, 2.45) is 0 Å². The summed E-state index contributed by atoms with van der Waals surface area (Å²) in [4.78, 5) is 2.21. The lowest BCUT2D eigenvalue weighted by molar-refractivity contribution is -0.906. The Morgan fingerprint density at radius 3 is 2.50 bits per heavy atom. The van der Waals surface area contributed by atoms with Gasteiger partial charge in [-0.15, -0.1) is 0 Å². The van der Waals surface area contributed by atoms with Crippen molar-refractivity contribution in [1.82, 2.24) is 4.90 Å². The average Bonchev–Trinajstić information content (AvgIpc) is 1.78. The third kappa shape index (κ3) is 1.48. The van der Waals surface area contributed by atoms with E-state index in [1.54, 1.807) is 0 Å². The maximum atomic E-state index is 11.2. The van der Waals surface area contributed by atoms with Crippen LogP contribution in [0.1, 0.15) is 13.8 Å². The monoisotopic (exact) mass is 144 g/mol. The van der Waals surface area contributed by atoms with Crippen LogP contribution in [0.5, 0.6) is 0 Å². The maximum Gasteiger partial charge on any atom is 0.105 e. The molecule has 0 aromatic heterocycles. The van der Waals surface area contributed by atoms with E-state index < -0.39 is 0 Å². The predicted molar refractivity (Wildman–Crippen MR) is 40.8 cm³/mol. The average molecular weight is 144 g/mol. The van der Waals surface area contributed by atoms with Crippen LogP contribution >= 0.6 is 0 Å². The molecular formula is C7H16N2O. The third-order valence-corrected chi connectivity index (χ3v) is 2.14. The number of hydrogen-bond acceptors (Lipinski definition) is 2. The summed E-state index contributed by atoms with van der Waals surface area (Å²) in [7, 11) is 2.06. The van der Waals surface area contributed by atoms with Gasteiger partial charge in [-0.3, -0.25) is 4.90 Å². The fraction of sp³-hybridized carbons (Fsp3) is 1.00. The van der Waals surface area contributed by atoms with Gasteiger partial charge < -0.3 is 10.3 Å². The summed E-state index contributed by atoms with van der Waals surface area (Å²) >= 11 is 0. The first kappa shape index (κ1) is 7.98. The molecule has 1 aliphatic heterocycles. The van der Waals surface area contributed by atoms with Gasteiger partial charge in [0.15, 0.2) is 0 Å². The van der Waals surface area contributed by atoms with Crippen molar-refractivity contribution in [3.8, 4) is 0 Å². The quantitative estimate of drug-likeness (QED) is 0.446. The number of nitrogens with one attached hydrogen (secondary N) is 1. The van der Waals surface area contributed by atoms with Crippen LogP contribution in [0, 0.1) is 5.21 Å². The lowest BCUT2D eigenvalue weighted by Gasteiger charge is -2.45. The molecule has 0 spiro atoms. The molecule has 10 heavy (non-hydrogen) atoms. The van der Waals surface area contributed by atoms with Gasteiger partial charge in [0.25, 0.3) is 0 Å². The van der Waals surface area contributed by atoms with E-state index in [4.69, 9.17) is 0 Å². The van der Waals surface area contributed by atoms with Gasteiger partial charge >= 0.3 is 0 Å². The molecule has 0 saturated carbocycles. The van der Waals surface area contributed by atoms with Gasteiger partial charge in [-0.05, 0) is 20.9 Å². The molecule has 0 aromatic rings. The number of likely N-dealkylation sites (N-methyl/N-ethyl adjacent to an activating group) is 1. The van der Waals surface area contributed by atoms with Gasteiger partial charge in [-0.25, -0.2) is 0 Å². The van der Waals surface area contributed by atoms with Crippen molar-refractivity contribution in [1.29, 1.82) is 0 Å². The van der Waals surface area contributed by atoms with Crippen LogP contribution in [-0.2, 0) is 0 Å². The lowest BCUT2D eigenvalue weighted by Crippen LogP contribution is -3.18. The molecule has 0 radical (unpaired) electrons. The molecule has 0 aliphatic carbocycles. The molecule has 1 N–H and O–H groups in total. The van der Waals surface area contributed by atoms with E-state index in [2.05, 4.69) is 11.9 Å². The molecule has 1 saturated heterocycles. The molecule has 1 aliphatic rings. The first-order valence-electron chi connectivity index (χ1n) is 3.74. The molecule has 60 valence electrons. The van der Waals surface area contributed by atoms with Crippen molar-refractivity contribution >= 4 is 0 Å². The van der Waals surface area contributed by atoms with Crippen molar-refractivity contribution in [2.45, 2.75) is 19.4 Å². The third-order valence-electron chi connectivity index (χ3n) is 2.14. The first-order chi connectivity index (χ1) is 4.52. The Bertz CT molecular complexity index is 125. The van der Waals surface area contributed by atoms with Gasteiger partial charge in [0.2, 0.25) is 0 Å². The Kier molecular flexibility index (Phi) is 1.99. The second-order valence-electron chi connectivity index (χ2n) is 3.79. The summed E-state index contributed by atoms with van der Waals surface area (Å²) in [6.45, 7) is 6.60. The van der Waals surface area contributed by atoms with E-state index in [9.17, 15) is 5.21 Å². The van der Waals surface area contributed by atoms with Crippen molar-refractivity contribution in [3.05, 3.63) is 5.21 Å².